The average Bonchev–Trinajstić information content (AvgIpc) is 2.71. The fourth-order valence-electron chi connectivity index (χ4n) is 3.55. The number of likely N-dealkylation sites (tertiary alicyclic amines) is 1. The first-order valence-corrected chi connectivity index (χ1v) is 7.70. The minimum Gasteiger partial charge on any atom is -0.330 e. The Balaban J connectivity index is 2.14. The van der Waals surface area contributed by atoms with Gasteiger partial charge in [0.05, 0.1) is 19.6 Å². The molecule has 2 atom stereocenters. The van der Waals surface area contributed by atoms with Crippen LogP contribution in [-0.4, -0.2) is 30.7 Å². The van der Waals surface area contributed by atoms with Gasteiger partial charge in [-0.3, -0.25) is 0 Å². The summed E-state index contributed by atoms with van der Waals surface area (Å²) in [6.45, 7) is 10.3. The molecule has 1 fully saturated rings. The van der Waals surface area contributed by atoms with Gasteiger partial charge in [-0.1, -0.05) is 37.6 Å². The van der Waals surface area contributed by atoms with Crippen LogP contribution in [0.4, 0.5) is 0 Å². The van der Waals surface area contributed by atoms with E-state index < -0.39 is 0 Å². The van der Waals surface area contributed by atoms with E-state index in [-0.39, 0.29) is 0 Å². The zero-order valence-corrected chi connectivity index (χ0v) is 12.9. The molecule has 2 rings (SSSR count). The van der Waals surface area contributed by atoms with Crippen LogP contribution in [-0.2, 0) is 6.54 Å². The number of hydrogen-bond donors (Lipinski definition) is 1. The molecule has 106 valence electrons. The van der Waals surface area contributed by atoms with Crippen molar-refractivity contribution in [3.8, 4) is 0 Å². The van der Waals surface area contributed by atoms with E-state index in [1.54, 1.807) is 0 Å². The van der Waals surface area contributed by atoms with Crippen LogP contribution in [0.5, 0.6) is 0 Å². The summed E-state index contributed by atoms with van der Waals surface area (Å²) in [6, 6.07) is 8.31. The smallest absolute Gasteiger partial charge is 0.104 e. The van der Waals surface area contributed by atoms with Crippen LogP contribution in [0.1, 0.15) is 25.8 Å². The van der Waals surface area contributed by atoms with E-state index in [2.05, 4.69) is 32.0 Å². The number of halogens is 1. The highest BCUT2D eigenvalue weighted by Crippen LogP contribution is 2.29. The van der Waals surface area contributed by atoms with Crippen molar-refractivity contribution in [1.82, 2.24) is 0 Å². The predicted octanol–water partition coefficient (Wildman–Crippen LogP) is 3.29. The van der Waals surface area contributed by atoms with E-state index in [0.717, 1.165) is 24.0 Å². The Morgan fingerprint density at radius 3 is 2.79 bits per heavy atom. The van der Waals surface area contributed by atoms with Crippen molar-refractivity contribution in [1.29, 1.82) is 0 Å². The number of nitrogens with zero attached hydrogens (tertiary/aromatic N) is 1. The van der Waals surface area contributed by atoms with Crippen molar-refractivity contribution in [3.63, 3.8) is 0 Å². The number of rotatable bonds is 5. The number of benzene rings is 1. The zero-order chi connectivity index (χ0) is 13.9. The quantitative estimate of drug-likeness (QED) is 0.824. The van der Waals surface area contributed by atoms with Gasteiger partial charge in [0.25, 0.3) is 0 Å². The Morgan fingerprint density at radius 1 is 1.42 bits per heavy atom. The van der Waals surface area contributed by atoms with Gasteiger partial charge in [0.15, 0.2) is 0 Å². The molecule has 1 aliphatic heterocycles. The molecule has 1 aliphatic rings. The summed E-state index contributed by atoms with van der Waals surface area (Å²) in [5.74, 6) is 1.41. The third-order valence-corrected chi connectivity index (χ3v) is 4.39. The van der Waals surface area contributed by atoms with E-state index >= 15 is 0 Å². The van der Waals surface area contributed by atoms with Gasteiger partial charge in [0.2, 0.25) is 0 Å². The third kappa shape index (κ3) is 3.95. The molecule has 1 saturated heterocycles. The summed E-state index contributed by atoms with van der Waals surface area (Å²) in [5.41, 5.74) is 7.22. The van der Waals surface area contributed by atoms with Crippen molar-refractivity contribution in [2.75, 3.05) is 26.2 Å². The van der Waals surface area contributed by atoms with Crippen LogP contribution in [0.2, 0.25) is 5.02 Å². The molecule has 2 nitrogen and oxygen atoms in total. The second-order valence-corrected chi connectivity index (χ2v) is 6.94. The van der Waals surface area contributed by atoms with Crippen LogP contribution in [0.3, 0.4) is 0 Å². The summed E-state index contributed by atoms with van der Waals surface area (Å²) < 4.78 is 1.18. The van der Waals surface area contributed by atoms with Gasteiger partial charge >= 0.3 is 0 Å². The number of quaternary nitrogens is 1. The molecule has 1 aromatic carbocycles. The SMILES string of the molecule is CC(C)C[N+]1(Cc2cccc(Cl)c2)CC[C@H](CN)C1. The van der Waals surface area contributed by atoms with Gasteiger partial charge in [0.1, 0.15) is 6.54 Å². The van der Waals surface area contributed by atoms with Crippen LogP contribution < -0.4 is 5.73 Å². The molecule has 0 amide bonds. The molecule has 19 heavy (non-hydrogen) atoms. The third-order valence-electron chi connectivity index (χ3n) is 4.15. The maximum atomic E-state index is 6.11. The van der Waals surface area contributed by atoms with Gasteiger partial charge in [-0.25, -0.2) is 0 Å². The molecule has 0 spiro atoms. The first kappa shape index (κ1) is 14.8. The molecule has 0 saturated carbocycles. The first-order valence-electron chi connectivity index (χ1n) is 7.32. The molecule has 0 aliphatic carbocycles. The number of hydrogen-bond acceptors (Lipinski definition) is 1. The highest BCUT2D eigenvalue weighted by atomic mass is 35.5. The van der Waals surface area contributed by atoms with E-state index in [1.165, 1.54) is 36.1 Å². The Hall–Kier alpha value is -0.570. The van der Waals surface area contributed by atoms with E-state index in [1.807, 2.05) is 6.07 Å². The lowest BCUT2D eigenvalue weighted by Crippen LogP contribution is -2.48. The Bertz CT molecular complexity index is 419. The lowest BCUT2D eigenvalue weighted by Gasteiger charge is -2.36. The molecule has 1 heterocycles. The molecule has 1 aromatic rings. The summed E-state index contributed by atoms with van der Waals surface area (Å²) in [5, 5.41) is 0.842. The standard InChI is InChI=1S/C16H26ClN2/c1-13(2)10-19(7-6-15(9-18)12-19)11-14-4-3-5-16(17)8-14/h3-5,8,13,15H,6-7,9-12,18H2,1-2H3/q+1/t15-,19?/m1/s1. The van der Waals surface area contributed by atoms with Crippen molar-refractivity contribution in [2.24, 2.45) is 17.6 Å². The number of nitrogens with two attached hydrogens (primary N) is 1. The lowest BCUT2D eigenvalue weighted by atomic mass is 10.1. The largest absolute Gasteiger partial charge is 0.330 e. The molecule has 0 aromatic heterocycles. The van der Waals surface area contributed by atoms with Gasteiger partial charge in [-0.05, 0) is 12.1 Å². The fraction of sp³-hybridized carbons (Fsp3) is 0.625. The van der Waals surface area contributed by atoms with Gasteiger partial charge in [-0.2, -0.15) is 0 Å². The van der Waals surface area contributed by atoms with Crippen LogP contribution in [0, 0.1) is 11.8 Å². The lowest BCUT2D eigenvalue weighted by molar-refractivity contribution is -0.933. The van der Waals surface area contributed by atoms with Gasteiger partial charge in [-0.15, -0.1) is 0 Å². The highest BCUT2D eigenvalue weighted by Gasteiger charge is 2.38. The normalized spacial score (nSPS) is 27.1. The van der Waals surface area contributed by atoms with E-state index in [4.69, 9.17) is 17.3 Å². The van der Waals surface area contributed by atoms with E-state index in [9.17, 15) is 0 Å². The second-order valence-electron chi connectivity index (χ2n) is 6.50. The highest BCUT2D eigenvalue weighted by molar-refractivity contribution is 6.30. The minimum absolute atomic E-state index is 0.693. The predicted molar refractivity (Wildman–Crippen MR) is 82.0 cm³/mol. The summed E-state index contributed by atoms with van der Waals surface area (Å²) in [7, 11) is 0. The summed E-state index contributed by atoms with van der Waals surface area (Å²) in [4.78, 5) is 0. The Labute approximate surface area is 122 Å². The van der Waals surface area contributed by atoms with Gasteiger partial charge in [0, 0.05) is 35.4 Å². The maximum absolute atomic E-state index is 6.11. The molecule has 1 unspecified atom stereocenters. The molecule has 2 N–H and O–H groups in total. The van der Waals surface area contributed by atoms with Crippen molar-refractivity contribution < 1.29 is 4.48 Å². The van der Waals surface area contributed by atoms with Crippen molar-refractivity contribution >= 4 is 11.6 Å². The van der Waals surface area contributed by atoms with Crippen LogP contribution >= 0.6 is 11.6 Å². The maximum Gasteiger partial charge on any atom is 0.104 e. The zero-order valence-electron chi connectivity index (χ0n) is 12.1. The van der Waals surface area contributed by atoms with Gasteiger partial charge < -0.3 is 10.2 Å². The molecular formula is C16H26ClN2+. The fourth-order valence-corrected chi connectivity index (χ4v) is 3.76. The monoisotopic (exact) mass is 281 g/mol. The average molecular weight is 282 g/mol. The van der Waals surface area contributed by atoms with Crippen LogP contribution in [0.25, 0.3) is 0 Å². The molecule has 3 heteroatoms. The van der Waals surface area contributed by atoms with Crippen molar-refractivity contribution in [2.45, 2.75) is 26.8 Å². The summed E-state index contributed by atoms with van der Waals surface area (Å²) in [6.07, 6.45) is 1.27. The molecule has 0 bridgehead atoms. The Kier molecular flexibility index (Phi) is 4.88. The molecule has 0 radical (unpaired) electrons. The minimum atomic E-state index is 0.693. The second kappa shape index (κ2) is 6.25. The molecular weight excluding hydrogens is 256 g/mol. The Morgan fingerprint density at radius 2 is 2.21 bits per heavy atom. The van der Waals surface area contributed by atoms with Crippen LogP contribution in [0.15, 0.2) is 24.3 Å². The van der Waals surface area contributed by atoms with E-state index in [0.29, 0.717) is 5.92 Å². The topological polar surface area (TPSA) is 26.0 Å². The van der Waals surface area contributed by atoms with Crippen molar-refractivity contribution in [3.05, 3.63) is 34.9 Å². The first-order chi connectivity index (χ1) is 9.03. The summed E-state index contributed by atoms with van der Waals surface area (Å²) >= 11 is 6.11.